The molecule has 0 aliphatic carbocycles. The second-order valence-corrected chi connectivity index (χ2v) is 6.36. The predicted octanol–water partition coefficient (Wildman–Crippen LogP) is 0.846. The number of carbonyl (C=O) groups is 1. The molecule has 0 aromatic carbocycles. The third-order valence-corrected chi connectivity index (χ3v) is 4.40. The Hall–Kier alpha value is -1.18. The molecule has 3 rings (SSSR count). The SMILES string of the molecule is CC1CN(C(=O)c2csc(=O)[nH]2)CC2(CCCOC2)O1. The van der Waals surface area contributed by atoms with E-state index in [2.05, 4.69) is 4.98 Å². The number of hydrogen-bond donors (Lipinski definition) is 1. The average molecular weight is 298 g/mol. The number of rotatable bonds is 1. The number of morpholine rings is 1. The first-order valence-corrected chi connectivity index (χ1v) is 7.69. The summed E-state index contributed by atoms with van der Waals surface area (Å²) in [6.07, 6.45) is 1.82. The molecule has 110 valence electrons. The molecule has 2 unspecified atom stereocenters. The maximum Gasteiger partial charge on any atom is 0.305 e. The minimum absolute atomic E-state index is 0.0280. The maximum absolute atomic E-state index is 12.5. The molecule has 20 heavy (non-hydrogen) atoms. The van der Waals surface area contributed by atoms with E-state index in [0.29, 0.717) is 25.4 Å². The molecule has 0 saturated carbocycles. The second-order valence-electron chi connectivity index (χ2n) is 5.52. The van der Waals surface area contributed by atoms with E-state index in [1.807, 2.05) is 6.92 Å². The first-order chi connectivity index (χ1) is 9.58. The summed E-state index contributed by atoms with van der Waals surface area (Å²) >= 11 is 1.01. The zero-order valence-electron chi connectivity index (χ0n) is 11.4. The summed E-state index contributed by atoms with van der Waals surface area (Å²) in [5, 5.41) is 1.58. The summed E-state index contributed by atoms with van der Waals surface area (Å²) in [7, 11) is 0. The summed E-state index contributed by atoms with van der Waals surface area (Å²) in [5.41, 5.74) is -0.0250. The highest BCUT2D eigenvalue weighted by atomic mass is 32.1. The molecule has 6 nitrogen and oxygen atoms in total. The molecule has 2 aliphatic rings. The number of carbonyl (C=O) groups excluding carboxylic acids is 1. The molecular weight excluding hydrogens is 280 g/mol. The van der Waals surface area contributed by atoms with Crippen molar-refractivity contribution in [3.05, 3.63) is 20.7 Å². The van der Waals surface area contributed by atoms with Crippen LogP contribution in [0.2, 0.25) is 0 Å². The average Bonchev–Trinajstić information content (AvgIpc) is 2.84. The molecule has 1 aromatic rings. The Labute approximate surface area is 120 Å². The van der Waals surface area contributed by atoms with Gasteiger partial charge in [-0.25, -0.2) is 0 Å². The zero-order valence-corrected chi connectivity index (χ0v) is 12.2. The molecule has 1 amide bonds. The lowest BCUT2D eigenvalue weighted by molar-refractivity contribution is -0.188. The van der Waals surface area contributed by atoms with Crippen molar-refractivity contribution in [2.24, 2.45) is 0 Å². The van der Waals surface area contributed by atoms with E-state index in [9.17, 15) is 9.59 Å². The highest BCUT2D eigenvalue weighted by Crippen LogP contribution is 2.30. The fraction of sp³-hybridized carbons (Fsp3) is 0.692. The van der Waals surface area contributed by atoms with Crippen molar-refractivity contribution < 1.29 is 14.3 Å². The highest BCUT2D eigenvalue weighted by molar-refractivity contribution is 7.07. The molecule has 0 bridgehead atoms. The Morgan fingerprint density at radius 3 is 3.10 bits per heavy atom. The molecule has 0 radical (unpaired) electrons. The van der Waals surface area contributed by atoms with Gasteiger partial charge in [-0.1, -0.05) is 11.3 Å². The molecule has 7 heteroatoms. The molecule has 2 saturated heterocycles. The number of amides is 1. The van der Waals surface area contributed by atoms with Crippen LogP contribution in [0.1, 0.15) is 30.3 Å². The van der Waals surface area contributed by atoms with Crippen molar-refractivity contribution >= 4 is 17.2 Å². The summed E-state index contributed by atoms with van der Waals surface area (Å²) in [4.78, 5) is 27.8. The number of H-pyrrole nitrogens is 1. The smallest absolute Gasteiger partial charge is 0.305 e. The number of aromatic amines is 1. The number of thiazole rings is 1. The van der Waals surface area contributed by atoms with Crippen LogP contribution in [0, 0.1) is 0 Å². The summed E-state index contributed by atoms with van der Waals surface area (Å²) < 4.78 is 11.6. The van der Waals surface area contributed by atoms with Gasteiger partial charge in [-0.05, 0) is 19.8 Å². The number of ether oxygens (including phenoxy) is 2. The number of nitrogens with zero attached hydrogens (tertiary/aromatic N) is 1. The molecule has 1 N–H and O–H groups in total. The quantitative estimate of drug-likeness (QED) is 0.834. The van der Waals surface area contributed by atoms with Gasteiger partial charge in [0.1, 0.15) is 11.3 Å². The first kappa shape index (κ1) is 13.8. The highest BCUT2D eigenvalue weighted by Gasteiger charge is 2.42. The molecule has 2 aliphatic heterocycles. The third kappa shape index (κ3) is 2.65. The Balaban J connectivity index is 1.79. The Kier molecular flexibility index (Phi) is 3.66. The fourth-order valence-corrected chi connectivity index (χ4v) is 3.53. The van der Waals surface area contributed by atoms with Crippen molar-refractivity contribution in [1.29, 1.82) is 0 Å². The van der Waals surface area contributed by atoms with Crippen LogP contribution >= 0.6 is 11.3 Å². The van der Waals surface area contributed by atoms with E-state index in [0.717, 1.165) is 30.8 Å². The molecular formula is C13H18N2O4S. The number of hydrogen-bond acceptors (Lipinski definition) is 5. The molecule has 2 fully saturated rings. The minimum atomic E-state index is -0.387. The van der Waals surface area contributed by atoms with Crippen LogP contribution in [-0.4, -0.2) is 53.8 Å². The van der Waals surface area contributed by atoms with E-state index in [1.165, 1.54) is 0 Å². The van der Waals surface area contributed by atoms with Gasteiger partial charge in [0, 0.05) is 18.5 Å². The second kappa shape index (κ2) is 5.31. The van der Waals surface area contributed by atoms with Gasteiger partial charge in [-0.3, -0.25) is 9.59 Å². The molecule has 3 heterocycles. The third-order valence-electron chi connectivity index (χ3n) is 3.73. The standard InChI is InChI=1S/C13H18N2O4S/c1-9-5-15(11(16)10-6-20-12(17)14-10)7-13(19-9)3-2-4-18-8-13/h6,9H,2-5,7-8H2,1H3,(H,14,17). The number of nitrogens with one attached hydrogen (secondary N) is 1. The van der Waals surface area contributed by atoms with Gasteiger partial charge < -0.3 is 19.4 Å². The fourth-order valence-electron chi connectivity index (χ4n) is 2.98. The maximum atomic E-state index is 12.5. The van der Waals surface area contributed by atoms with E-state index in [-0.39, 0.29) is 22.5 Å². The van der Waals surface area contributed by atoms with E-state index < -0.39 is 0 Å². The van der Waals surface area contributed by atoms with E-state index >= 15 is 0 Å². The summed E-state index contributed by atoms with van der Waals surface area (Å²) in [5.74, 6) is -0.136. The minimum Gasteiger partial charge on any atom is -0.378 e. The van der Waals surface area contributed by atoms with Gasteiger partial charge >= 0.3 is 4.87 Å². The van der Waals surface area contributed by atoms with Crippen molar-refractivity contribution in [2.75, 3.05) is 26.3 Å². The van der Waals surface area contributed by atoms with Crippen LogP contribution < -0.4 is 4.87 Å². The zero-order chi connectivity index (χ0) is 14.2. The predicted molar refractivity (Wildman–Crippen MR) is 74.2 cm³/mol. The lowest BCUT2D eigenvalue weighted by Gasteiger charge is -2.47. The lowest BCUT2D eigenvalue weighted by atomic mass is 9.93. The van der Waals surface area contributed by atoms with Gasteiger partial charge in [0.05, 0.1) is 19.3 Å². The van der Waals surface area contributed by atoms with Gasteiger partial charge in [-0.15, -0.1) is 0 Å². The summed E-state index contributed by atoms with van der Waals surface area (Å²) in [6, 6.07) is 0. The number of aromatic nitrogens is 1. The first-order valence-electron chi connectivity index (χ1n) is 6.81. The van der Waals surface area contributed by atoms with Crippen LogP contribution in [0.4, 0.5) is 0 Å². The van der Waals surface area contributed by atoms with Gasteiger partial charge in [0.25, 0.3) is 5.91 Å². The Morgan fingerprint density at radius 1 is 1.60 bits per heavy atom. The topological polar surface area (TPSA) is 71.6 Å². The van der Waals surface area contributed by atoms with Crippen LogP contribution in [0.15, 0.2) is 10.2 Å². The lowest BCUT2D eigenvalue weighted by Crippen LogP contribution is -2.59. The monoisotopic (exact) mass is 298 g/mol. The molecule has 1 aromatic heterocycles. The van der Waals surface area contributed by atoms with Gasteiger partial charge in [-0.2, -0.15) is 0 Å². The van der Waals surface area contributed by atoms with Crippen molar-refractivity contribution in [3.63, 3.8) is 0 Å². The van der Waals surface area contributed by atoms with Crippen molar-refractivity contribution in [1.82, 2.24) is 9.88 Å². The van der Waals surface area contributed by atoms with Crippen LogP contribution in [-0.2, 0) is 9.47 Å². The molecule has 2 atom stereocenters. The van der Waals surface area contributed by atoms with E-state index in [4.69, 9.17) is 9.47 Å². The van der Waals surface area contributed by atoms with Crippen LogP contribution in [0.25, 0.3) is 0 Å². The molecule has 1 spiro atoms. The Morgan fingerprint density at radius 2 is 2.45 bits per heavy atom. The van der Waals surface area contributed by atoms with Crippen LogP contribution in [0.3, 0.4) is 0 Å². The summed E-state index contributed by atoms with van der Waals surface area (Å²) in [6.45, 7) is 4.31. The van der Waals surface area contributed by atoms with Gasteiger partial charge in [0.15, 0.2) is 0 Å². The van der Waals surface area contributed by atoms with Crippen LogP contribution in [0.5, 0.6) is 0 Å². The Bertz CT molecular complexity index is 547. The van der Waals surface area contributed by atoms with Crippen molar-refractivity contribution in [2.45, 2.75) is 31.5 Å². The van der Waals surface area contributed by atoms with Crippen molar-refractivity contribution in [3.8, 4) is 0 Å². The largest absolute Gasteiger partial charge is 0.378 e. The van der Waals surface area contributed by atoms with Gasteiger partial charge in [0.2, 0.25) is 0 Å². The normalized spacial score (nSPS) is 30.6. The van der Waals surface area contributed by atoms with E-state index in [1.54, 1.807) is 10.3 Å².